The molecule has 1 atom stereocenters. The van der Waals surface area contributed by atoms with Gasteiger partial charge in [0.15, 0.2) is 0 Å². The minimum absolute atomic E-state index is 0. The molecule has 0 aliphatic rings. The molecule has 0 aliphatic carbocycles. The number of nitrogens with one attached hydrogen (secondary N) is 1. The lowest BCUT2D eigenvalue weighted by Crippen LogP contribution is -2.32. The van der Waals surface area contributed by atoms with Crippen LogP contribution in [0.4, 0.5) is 0 Å². The maximum absolute atomic E-state index is 11.8. The molecule has 0 fully saturated rings. The van der Waals surface area contributed by atoms with Crippen LogP contribution in [0.2, 0.25) is 0 Å². The summed E-state index contributed by atoms with van der Waals surface area (Å²) in [6.45, 7) is 0.726. The number of carbonyl (C=O) groups is 1. The van der Waals surface area contributed by atoms with E-state index in [2.05, 4.69) is 5.32 Å². The van der Waals surface area contributed by atoms with Gasteiger partial charge in [0.05, 0.1) is 20.1 Å². The van der Waals surface area contributed by atoms with E-state index < -0.39 is 0 Å². The summed E-state index contributed by atoms with van der Waals surface area (Å²) in [7, 11) is 1.61. The highest BCUT2D eigenvalue weighted by Crippen LogP contribution is 2.17. The van der Waals surface area contributed by atoms with Crippen LogP contribution in [-0.2, 0) is 4.79 Å². The van der Waals surface area contributed by atoms with E-state index in [-0.39, 0.29) is 30.8 Å². The Morgan fingerprint density at radius 3 is 2.33 bits per heavy atom. The Balaban J connectivity index is 0.00000288. The lowest BCUT2D eigenvalue weighted by Gasteiger charge is -2.13. The summed E-state index contributed by atoms with van der Waals surface area (Å²) < 4.78 is 10.6. The van der Waals surface area contributed by atoms with Gasteiger partial charge in [0.25, 0.3) is 0 Å². The molecule has 1 unspecified atom stereocenters. The molecule has 0 aromatic heterocycles. The molecule has 2 aromatic carbocycles. The van der Waals surface area contributed by atoms with E-state index in [4.69, 9.17) is 15.2 Å². The van der Waals surface area contributed by atoms with E-state index in [1.807, 2.05) is 54.6 Å². The molecular formula is C18H23ClN2O3. The molecule has 0 spiro atoms. The van der Waals surface area contributed by atoms with Gasteiger partial charge in [-0.25, -0.2) is 0 Å². The van der Waals surface area contributed by atoms with Crippen LogP contribution in [0.15, 0.2) is 54.6 Å². The molecule has 2 rings (SSSR count). The minimum Gasteiger partial charge on any atom is -0.497 e. The van der Waals surface area contributed by atoms with E-state index in [0.717, 1.165) is 11.3 Å². The Hall–Kier alpha value is -2.24. The van der Waals surface area contributed by atoms with E-state index in [0.29, 0.717) is 18.9 Å². The average Bonchev–Trinajstić information content (AvgIpc) is 2.61. The lowest BCUT2D eigenvalue weighted by atomic mass is 10.1. The fourth-order valence-corrected chi connectivity index (χ4v) is 2.06. The van der Waals surface area contributed by atoms with Gasteiger partial charge in [0.1, 0.15) is 11.5 Å². The monoisotopic (exact) mass is 350 g/mol. The van der Waals surface area contributed by atoms with Gasteiger partial charge in [-0.1, -0.05) is 30.3 Å². The van der Waals surface area contributed by atoms with Gasteiger partial charge in [-0.05, 0) is 29.8 Å². The van der Waals surface area contributed by atoms with E-state index in [1.165, 1.54) is 0 Å². The summed E-state index contributed by atoms with van der Waals surface area (Å²) in [5.41, 5.74) is 7.03. The van der Waals surface area contributed by atoms with Crippen molar-refractivity contribution in [2.24, 2.45) is 5.73 Å². The third-order valence-electron chi connectivity index (χ3n) is 3.40. The molecule has 0 saturated heterocycles. The number of hydrogen-bond donors (Lipinski definition) is 2. The van der Waals surface area contributed by atoms with Gasteiger partial charge in [-0.3, -0.25) is 4.79 Å². The van der Waals surface area contributed by atoms with Gasteiger partial charge >= 0.3 is 0 Å². The Bertz CT molecular complexity index is 605. The van der Waals surface area contributed by atoms with Crippen molar-refractivity contribution in [2.75, 3.05) is 20.3 Å². The largest absolute Gasteiger partial charge is 0.497 e. The summed E-state index contributed by atoms with van der Waals surface area (Å²) in [5.74, 6) is 1.40. The Morgan fingerprint density at radius 1 is 1.08 bits per heavy atom. The summed E-state index contributed by atoms with van der Waals surface area (Å²) in [4.78, 5) is 11.8. The van der Waals surface area contributed by atoms with Crippen LogP contribution in [0.5, 0.6) is 11.5 Å². The molecule has 6 heteroatoms. The van der Waals surface area contributed by atoms with Gasteiger partial charge in [0, 0.05) is 12.6 Å². The van der Waals surface area contributed by atoms with Crippen LogP contribution >= 0.6 is 12.4 Å². The zero-order valence-electron chi connectivity index (χ0n) is 13.6. The first-order valence-electron chi connectivity index (χ1n) is 7.53. The molecule has 0 radical (unpaired) electrons. The average molecular weight is 351 g/mol. The molecule has 130 valence electrons. The van der Waals surface area contributed by atoms with Crippen molar-refractivity contribution >= 4 is 18.3 Å². The van der Waals surface area contributed by atoms with Gasteiger partial charge in [-0.15, -0.1) is 12.4 Å². The van der Waals surface area contributed by atoms with Crippen molar-refractivity contribution in [3.05, 3.63) is 60.2 Å². The third-order valence-corrected chi connectivity index (χ3v) is 3.40. The minimum atomic E-state index is -0.206. The Morgan fingerprint density at radius 2 is 1.71 bits per heavy atom. The fraction of sp³-hybridized carbons (Fsp3) is 0.278. The summed E-state index contributed by atoms with van der Waals surface area (Å²) in [5, 5.41) is 2.82. The first-order chi connectivity index (χ1) is 11.2. The van der Waals surface area contributed by atoms with Gasteiger partial charge < -0.3 is 20.5 Å². The SMILES string of the molecule is COc1ccc(OCCC(=O)NCC(N)c2ccccc2)cc1.Cl. The molecule has 0 aliphatic heterocycles. The van der Waals surface area contributed by atoms with Crippen molar-refractivity contribution < 1.29 is 14.3 Å². The third kappa shape index (κ3) is 6.48. The first-order valence-corrected chi connectivity index (χ1v) is 7.53. The number of rotatable bonds is 8. The van der Waals surface area contributed by atoms with Gasteiger partial charge in [-0.2, -0.15) is 0 Å². The summed E-state index contributed by atoms with van der Waals surface area (Å²) >= 11 is 0. The first kappa shape index (κ1) is 19.8. The molecule has 0 saturated carbocycles. The van der Waals surface area contributed by atoms with Crippen LogP contribution in [0.3, 0.4) is 0 Å². The van der Waals surface area contributed by atoms with Crippen molar-refractivity contribution in [3.63, 3.8) is 0 Å². The zero-order valence-corrected chi connectivity index (χ0v) is 14.4. The quantitative estimate of drug-likeness (QED) is 0.767. The van der Waals surface area contributed by atoms with E-state index in [1.54, 1.807) is 7.11 Å². The summed E-state index contributed by atoms with van der Waals surface area (Å²) in [6, 6.07) is 16.7. The van der Waals surface area contributed by atoms with Crippen molar-refractivity contribution in [2.45, 2.75) is 12.5 Å². The van der Waals surface area contributed by atoms with Gasteiger partial charge in [0.2, 0.25) is 5.91 Å². The molecular weight excluding hydrogens is 328 g/mol. The number of benzene rings is 2. The molecule has 24 heavy (non-hydrogen) atoms. The van der Waals surface area contributed by atoms with Crippen molar-refractivity contribution in [1.82, 2.24) is 5.32 Å². The summed E-state index contributed by atoms with van der Waals surface area (Å²) in [6.07, 6.45) is 0.285. The second-order valence-electron chi connectivity index (χ2n) is 5.10. The number of carbonyl (C=O) groups excluding carboxylic acids is 1. The number of methoxy groups -OCH3 is 1. The molecule has 0 bridgehead atoms. The van der Waals surface area contributed by atoms with Crippen LogP contribution < -0.4 is 20.5 Å². The van der Waals surface area contributed by atoms with Crippen LogP contribution in [0.1, 0.15) is 18.0 Å². The highest BCUT2D eigenvalue weighted by Gasteiger charge is 2.08. The topological polar surface area (TPSA) is 73.6 Å². The van der Waals surface area contributed by atoms with Crippen molar-refractivity contribution in [3.8, 4) is 11.5 Å². The Labute approximate surface area is 148 Å². The standard InChI is InChI=1S/C18H22N2O3.ClH/c1-22-15-7-9-16(10-8-15)23-12-11-18(21)20-13-17(19)14-5-3-2-4-6-14;/h2-10,17H,11-13,19H2,1H3,(H,20,21);1H. The highest BCUT2D eigenvalue weighted by atomic mass is 35.5. The second-order valence-corrected chi connectivity index (χ2v) is 5.10. The maximum atomic E-state index is 11.8. The van der Waals surface area contributed by atoms with E-state index in [9.17, 15) is 4.79 Å². The number of hydrogen-bond acceptors (Lipinski definition) is 4. The lowest BCUT2D eigenvalue weighted by molar-refractivity contribution is -0.121. The van der Waals surface area contributed by atoms with E-state index >= 15 is 0 Å². The van der Waals surface area contributed by atoms with Crippen LogP contribution in [-0.4, -0.2) is 26.2 Å². The normalized spacial score (nSPS) is 11.1. The fourth-order valence-electron chi connectivity index (χ4n) is 2.06. The number of ether oxygens (including phenoxy) is 2. The predicted octanol–water partition coefficient (Wildman–Crippen LogP) is 2.70. The molecule has 2 aromatic rings. The number of halogens is 1. The van der Waals surface area contributed by atoms with Crippen LogP contribution in [0, 0.1) is 0 Å². The maximum Gasteiger partial charge on any atom is 0.223 e. The molecule has 5 nitrogen and oxygen atoms in total. The van der Waals surface area contributed by atoms with Crippen molar-refractivity contribution in [1.29, 1.82) is 0 Å². The highest BCUT2D eigenvalue weighted by molar-refractivity contribution is 5.85. The molecule has 1 amide bonds. The second kappa shape index (κ2) is 10.5. The number of amides is 1. The Kier molecular flexibility index (Phi) is 8.68. The zero-order chi connectivity index (χ0) is 16.5. The molecule has 0 heterocycles. The smallest absolute Gasteiger partial charge is 0.223 e. The van der Waals surface area contributed by atoms with Crippen LogP contribution in [0.25, 0.3) is 0 Å². The predicted molar refractivity (Wildman–Crippen MR) is 96.7 cm³/mol. The molecule has 3 N–H and O–H groups in total. The number of nitrogens with two attached hydrogens (primary N) is 1.